The third kappa shape index (κ3) is 5.61. The molecule has 0 radical (unpaired) electrons. The third-order valence-corrected chi connectivity index (χ3v) is 6.34. The molecule has 1 aliphatic rings. The SMILES string of the molecule is COC(=O)c1cccc(N2C(=O)C(Cl)=C(Nc3cccc(C(=O)NCc4ccc(Cl)cc4Cl)c3)C2=O)c1. The van der Waals surface area contributed by atoms with Gasteiger partial charge in [0.1, 0.15) is 10.7 Å². The molecule has 1 heterocycles. The molecular formula is C26H18Cl3N3O5. The van der Waals surface area contributed by atoms with Crippen LogP contribution in [0, 0.1) is 0 Å². The van der Waals surface area contributed by atoms with Crippen molar-refractivity contribution in [2.24, 2.45) is 0 Å². The Morgan fingerprint density at radius 3 is 2.35 bits per heavy atom. The minimum atomic E-state index is -0.759. The largest absolute Gasteiger partial charge is 0.465 e. The number of amides is 3. The molecule has 0 atom stereocenters. The molecule has 1 aliphatic heterocycles. The van der Waals surface area contributed by atoms with Crippen LogP contribution in [0.2, 0.25) is 10.0 Å². The Morgan fingerprint density at radius 2 is 1.62 bits per heavy atom. The van der Waals surface area contributed by atoms with Gasteiger partial charge in [0.2, 0.25) is 0 Å². The number of nitrogens with zero attached hydrogens (tertiary/aromatic N) is 1. The number of benzene rings is 3. The number of ether oxygens (including phenoxy) is 1. The number of rotatable bonds is 7. The lowest BCUT2D eigenvalue weighted by Gasteiger charge is -2.16. The summed E-state index contributed by atoms with van der Waals surface area (Å²) < 4.78 is 4.69. The summed E-state index contributed by atoms with van der Waals surface area (Å²) in [4.78, 5) is 51.3. The first kappa shape index (κ1) is 26.2. The third-order valence-electron chi connectivity index (χ3n) is 5.40. The number of nitrogens with one attached hydrogen (secondary N) is 2. The van der Waals surface area contributed by atoms with E-state index in [-0.39, 0.29) is 34.4 Å². The van der Waals surface area contributed by atoms with Crippen LogP contribution in [0.3, 0.4) is 0 Å². The van der Waals surface area contributed by atoms with Crippen LogP contribution in [0.25, 0.3) is 0 Å². The van der Waals surface area contributed by atoms with Crippen molar-refractivity contribution in [2.75, 3.05) is 17.3 Å². The number of anilines is 2. The van der Waals surface area contributed by atoms with E-state index in [2.05, 4.69) is 10.6 Å². The van der Waals surface area contributed by atoms with E-state index in [1.165, 1.54) is 37.4 Å². The maximum atomic E-state index is 13.1. The van der Waals surface area contributed by atoms with Gasteiger partial charge in [-0.2, -0.15) is 0 Å². The molecule has 0 aromatic heterocycles. The molecule has 8 nitrogen and oxygen atoms in total. The highest BCUT2D eigenvalue weighted by molar-refractivity contribution is 6.53. The van der Waals surface area contributed by atoms with Crippen LogP contribution in [0.1, 0.15) is 26.3 Å². The quantitative estimate of drug-likeness (QED) is 0.307. The normalized spacial score (nSPS) is 13.1. The van der Waals surface area contributed by atoms with Crippen LogP contribution >= 0.6 is 34.8 Å². The van der Waals surface area contributed by atoms with Gasteiger partial charge >= 0.3 is 5.97 Å². The van der Waals surface area contributed by atoms with Gasteiger partial charge in [0, 0.05) is 27.8 Å². The molecule has 3 aromatic carbocycles. The molecular weight excluding hydrogens is 541 g/mol. The fourth-order valence-electron chi connectivity index (χ4n) is 3.56. The first-order valence-corrected chi connectivity index (χ1v) is 11.9. The highest BCUT2D eigenvalue weighted by atomic mass is 35.5. The van der Waals surface area contributed by atoms with Crippen LogP contribution < -0.4 is 15.5 Å². The summed E-state index contributed by atoms with van der Waals surface area (Å²) in [5, 5.41) is 6.18. The van der Waals surface area contributed by atoms with Gasteiger partial charge in [-0.25, -0.2) is 9.69 Å². The molecule has 188 valence electrons. The van der Waals surface area contributed by atoms with Crippen molar-refractivity contribution in [3.63, 3.8) is 0 Å². The topological polar surface area (TPSA) is 105 Å². The fraction of sp³-hybridized carbons (Fsp3) is 0.0769. The number of carbonyl (C=O) groups is 4. The Hall–Kier alpha value is -3.85. The summed E-state index contributed by atoms with van der Waals surface area (Å²) in [6, 6.07) is 17.1. The van der Waals surface area contributed by atoms with E-state index in [4.69, 9.17) is 39.5 Å². The van der Waals surface area contributed by atoms with Gasteiger partial charge in [-0.15, -0.1) is 0 Å². The second kappa shape index (κ2) is 11.0. The molecule has 0 unspecified atom stereocenters. The van der Waals surface area contributed by atoms with Crippen LogP contribution in [0.5, 0.6) is 0 Å². The molecule has 0 bridgehead atoms. The number of hydrogen-bond acceptors (Lipinski definition) is 6. The van der Waals surface area contributed by atoms with Gasteiger partial charge in [0.15, 0.2) is 0 Å². The second-order valence-corrected chi connectivity index (χ2v) is 9.02. The molecule has 0 saturated carbocycles. The maximum absolute atomic E-state index is 13.1. The molecule has 3 amide bonds. The Balaban J connectivity index is 1.49. The van der Waals surface area contributed by atoms with E-state index in [1.807, 2.05) is 0 Å². The van der Waals surface area contributed by atoms with Crippen molar-refractivity contribution in [1.29, 1.82) is 0 Å². The number of carbonyl (C=O) groups excluding carboxylic acids is 4. The highest BCUT2D eigenvalue weighted by Gasteiger charge is 2.39. The Kier molecular flexibility index (Phi) is 7.83. The molecule has 2 N–H and O–H groups in total. The summed E-state index contributed by atoms with van der Waals surface area (Å²) >= 11 is 18.3. The Bertz CT molecular complexity index is 1470. The predicted molar refractivity (Wildman–Crippen MR) is 141 cm³/mol. The lowest BCUT2D eigenvalue weighted by atomic mass is 10.1. The van der Waals surface area contributed by atoms with E-state index in [1.54, 1.807) is 36.4 Å². The minimum Gasteiger partial charge on any atom is -0.465 e. The standard InChI is InChI=1S/C26H18Cl3N3O5/c1-37-26(36)15-5-3-7-19(11-15)32-24(34)21(29)22(25(32)35)31-18-6-2-4-14(10-18)23(33)30-13-16-8-9-17(27)12-20(16)28/h2-12,31H,13H2,1H3,(H,30,33). The summed E-state index contributed by atoms with van der Waals surface area (Å²) in [5.41, 5.74) is 1.50. The van der Waals surface area contributed by atoms with Gasteiger partial charge < -0.3 is 15.4 Å². The molecule has 0 spiro atoms. The predicted octanol–water partition coefficient (Wildman–Crippen LogP) is 5.15. The van der Waals surface area contributed by atoms with Crippen molar-refractivity contribution in [1.82, 2.24) is 5.32 Å². The van der Waals surface area contributed by atoms with E-state index in [0.29, 0.717) is 26.9 Å². The van der Waals surface area contributed by atoms with Gasteiger partial charge in [-0.05, 0) is 54.1 Å². The molecule has 0 saturated heterocycles. The van der Waals surface area contributed by atoms with Crippen LogP contribution in [0.4, 0.5) is 11.4 Å². The summed E-state index contributed by atoms with van der Waals surface area (Å²) in [6.07, 6.45) is 0. The molecule has 3 aromatic rings. The summed E-state index contributed by atoms with van der Waals surface area (Å²) in [7, 11) is 1.23. The number of methoxy groups -OCH3 is 1. The smallest absolute Gasteiger partial charge is 0.337 e. The van der Waals surface area contributed by atoms with Crippen molar-refractivity contribution < 1.29 is 23.9 Å². The Morgan fingerprint density at radius 1 is 0.892 bits per heavy atom. The van der Waals surface area contributed by atoms with Crippen molar-refractivity contribution in [3.05, 3.63) is 104 Å². The van der Waals surface area contributed by atoms with Gasteiger partial charge in [-0.1, -0.05) is 53.0 Å². The number of esters is 1. The average molecular weight is 559 g/mol. The monoisotopic (exact) mass is 557 g/mol. The first-order chi connectivity index (χ1) is 17.7. The molecule has 0 aliphatic carbocycles. The molecule has 11 heteroatoms. The number of halogens is 3. The van der Waals surface area contributed by atoms with Gasteiger partial charge in [0.05, 0.1) is 18.4 Å². The molecule has 4 rings (SSSR count). The van der Waals surface area contributed by atoms with Crippen LogP contribution in [-0.4, -0.2) is 30.8 Å². The highest BCUT2D eigenvalue weighted by Crippen LogP contribution is 2.31. The lowest BCUT2D eigenvalue weighted by Crippen LogP contribution is -2.32. The van der Waals surface area contributed by atoms with Crippen molar-refractivity contribution >= 4 is 69.9 Å². The number of hydrogen-bond donors (Lipinski definition) is 2. The second-order valence-electron chi connectivity index (χ2n) is 7.80. The van der Waals surface area contributed by atoms with E-state index >= 15 is 0 Å². The van der Waals surface area contributed by atoms with E-state index in [0.717, 1.165) is 4.90 Å². The van der Waals surface area contributed by atoms with E-state index < -0.39 is 17.8 Å². The number of imide groups is 1. The zero-order valence-corrected chi connectivity index (χ0v) is 21.4. The summed E-state index contributed by atoms with van der Waals surface area (Å²) in [6.45, 7) is 0.177. The van der Waals surface area contributed by atoms with Gasteiger partial charge in [0.25, 0.3) is 17.7 Å². The minimum absolute atomic E-state index is 0.154. The first-order valence-electron chi connectivity index (χ1n) is 10.8. The molecule has 0 fully saturated rings. The van der Waals surface area contributed by atoms with Crippen molar-refractivity contribution in [2.45, 2.75) is 6.54 Å². The van der Waals surface area contributed by atoms with Crippen LogP contribution in [-0.2, 0) is 20.9 Å². The zero-order valence-electron chi connectivity index (χ0n) is 19.2. The maximum Gasteiger partial charge on any atom is 0.337 e. The fourth-order valence-corrected chi connectivity index (χ4v) is 4.25. The van der Waals surface area contributed by atoms with E-state index in [9.17, 15) is 19.2 Å². The summed E-state index contributed by atoms with van der Waals surface area (Å²) in [5.74, 6) is -2.48. The lowest BCUT2D eigenvalue weighted by molar-refractivity contribution is -0.120. The van der Waals surface area contributed by atoms with Crippen LogP contribution in [0.15, 0.2) is 77.5 Å². The average Bonchev–Trinajstić information content (AvgIpc) is 3.10. The molecule has 37 heavy (non-hydrogen) atoms. The Labute approximate surface area is 226 Å². The zero-order chi connectivity index (χ0) is 26.7. The van der Waals surface area contributed by atoms with Crippen molar-refractivity contribution in [3.8, 4) is 0 Å². The van der Waals surface area contributed by atoms with Gasteiger partial charge in [-0.3, -0.25) is 14.4 Å².